The van der Waals surface area contributed by atoms with Gasteiger partial charge in [-0.3, -0.25) is 9.80 Å². The number of hydrogen-bond acceptors (Lipinski definition) is 8. The minimum Gasteiger partial charge on any atom is -0.396 e. The Labute approximate surface area is 412 Å². The van der Waals surface area contributed by atoms with Crippen molar-refractivity contribution in [3.8, 4) is 0 Å². The first-order valence-corrected chi connectivity index (χ1v) is 29.2. The van der Waals surface area contributed by atoms with Crippen molar-refractivity contribution in [2.24, 2.45) is 39.9 Å². The van der Waals surface area contributed by atoms with E-state index in [2.05, 4.69) is 81.9 Å². The van der Waals surface area contributed by atoms with Crippen molar-refractivity contribution >= 4 is 0 Å². The highest BCUT2D eigenvalue weighted by Gasteiger charge is 2.40. The number of aliphatic hydroxyl groups excluding tert-OH is 4. The molecule has 0 aromatic carbocycles. The number of β-amino-alcohol motifs (C(OH)–C–C–N with tert-alkyl or cyclic N) is 1. The van der Waals surface area contributed by atoms with Crippen LogP contribution >= 0.6 is 0 Å². The molecule has 0 aromatic rings. The van der Waals surface area contributed by atoms with Crippen LogP contribution in [0.15, 0.2) is 0 Å². The first kappa shape index (κ1) is 61.8. The van der Waals surface area contributed by atoms with Crippen LogP contribution < -0.4 is 0 Å². The fourth-order valence-electron chi connectivity index (χ4n) is 12.1. The molecule has 8 nitrogen and oxygen atoms in total. The Morgan fingerprint density at radius 2 is 0.909 bits per heavy atom. The van der Waals surface area contributed by atoms with E-state index in [9.17, 15) is 20.4 Å². The maximum atomic E-state index is 11.5. The van der Waals surface area contributed by atoms with Crippen LogP contribution in [0, 0.1) is 39.9 Å². The van der Waals surface area contributed by atoms with E-state index < -0.39 is 0 Å². The smallest absolute Gasteiger partial charge is 0.0558 e. The predicted molar refractivity (Wildman–Crippen MR) is 285 cm³/mol. The van der Waals surface area contributed by atoms with E-state index in [1.807, 2.05) is 0 Å². The van der Waals surface area contributed by atoms with Gasteiger partial charge in [0.25, 0.3) is 0 Å². The van der Waals surface area contributed by atoms with E-state index >= 15 is 0 Å². The van der Waals surface area contributed by atoms with Crippen LogP contribution in [0.2, 0.25) is 0 Å². The monoisotopic (exact) mass is 935 g/mol. The molecular formula is C58H118N4O4. The second-order valence-electron chi connectivity index (χ2n) is 23.6. The van der Waals surface area contributed by atoms with E-state index in [1.165, 1.54) is 141 Å². The molecule has 0 radical (unpaired) electrons. The summed E-state index contributed by atoms with van der Waals surface area (Å²) in [6.45, 7) is 31.5. The van der Waals surface area contributed by atoms with Gasteiger partial charge in [0.15, 0.2) is 0 Å². The maximum Gasteiger partial charge on any atom is 0.0558 e. The molecule has 0 amide bonds. The summed E-state index contributed by atoms with van der Waals surface area (Å²) in [4.78, 5) is 10.9. The third kappa shape index (κ3) is 23.7. The van der Waals surface area contributed by atoms with Gasteiger partial charge in [-0.05, 0) is 62.2 Å². The Morgan fingerprint density at radius 1 is 0.470 bits per heavy atom. The first-order valence-electron chi connectivity index (χ1n) is 29.2. The quantitative estimate of drug-likeness (QED) is 0.0453. The van der Waals surface area contributed by atoms with E-state index in [1.54, 1.807) is 0 Å². The highest BCUT2D eigenvalue weighted by molar-refractivity contribution is 4.93. The molecule has 1 aliphatic carbocycles. The minimum absolute atomic E-state index is 0.168. The van der Waals surface area contributed by atoms with Crippen LogP contribution in [0.1, 0.15) is 229 Å². The number of hydrogen-bond donors (Lipinski definition) is 4. The molecule has 4 N–H and O–H groups in total. The lowest BCUT2D eigenvalue weighted by Crippen LogP contribution is -2.55. The molecule has 394 valence electrons. The summed E-state index contributed by atoms with van der Waals surface area (Å²) >= 11 is 0. The van der Waals surface area contributed by atoms with E-state index in [0.717, 1.165) is 103 Å². The van der Waals surface area contributed by atoms with Gasteiger partial charge in [0, 0.05) is 114 Å². The molecule has 0 aromatic heterocycles. The summed E-state index contributed by atoms with van der Waals surface area (Å²) in [5.41, 5.74) is -0.549. The summed E-state index contributed by atoms with van der Waals surface area (Å²) in [5, 5.41) is 44.4. The lowest BCUT2D eigenvalue weighted by molar-refractivity contribution is -0.00713. The topological polar surface area (TPSA) is 93.9 Å². The van der Waals surface area contributed by atoms with Gasteiger partial charge in [-0.15, -0.1) is 0 Å². The van der Waals surface area contributed by atoms with Crippen molar-refractivity contribution in [3.05, 3.63) is 0 Å². The number of unbranched alkanes of at least 4 members (excludes halogenated alkanes) is 12. The average molecular weight is 936 g/mol. The Bertz CT molecular complexity index is 1140. The normalized spacial score (nSPS) is 22.2. The predicted octanol–water partition coefficient (Wildman–Crippen LogP) is 12.3. The van der Waals surface area contributed by atoms with Crippen LogP contribution in [0.3, 0.4) is 0 Å². The zero-order valence-corrected chi connectivity index (χ0v) is 46.0. The lowest BCUT2D eigenvalue weighted by atomic mass is 9.72. The van der Waals surface area contributed by atoms with E-state index in [4.69, 9.17) is 0 Å². The Balaban J connectivity index is 2.68. The molecule has 66 heavy (non-hydrogen) atoms. The molecule has 7 atom stereocenters. The third-order valence-corrected chi connectivity index (χ3v) is 17.4. The number of rotatable bonds is 39. The number of aliphatic hydroxyl groups is 4. The highest BCUT2D eigenvalue weighted by atomic mass is 16.3. The zero-order valence-electron chi connectivity index (χ0n) is 46.0. The Kier molecular flexibility index (Phi) is 33.5. The van der Waals surface area contributed by atoms with Crippen molar-refractivity contribution in [1.82, 2.24) is 19.6 Å². The summed E-state index contributed by atoms with van der Waals surface area (Å²) < 4.78 is 0. The van der Waals surface area contributed by atoms with Crippen molar-refractivity contribution in [2.45, 2.75) is 235 Å². The second kappa shape index (κ2) is 35.7. The number of nitrogens with zero attached hydrogens (tertiary/aromatic N) is 4. The van der Waals surface area contributed by atoms with Gasteiger partial charge >= 0.3 is 0 Å². The molecule has 8 heteroatoms. The van der Waals surface area contributed by atoms with Gasteiger partial charge in [0.2, 0.25) is 0 Å². The van der Waals surface area contributed by atoms with Crippen LogP contribution in [-0.2, 0) is 0 Å². The maximum absolute atomic E-state index is 11.5. The molecule has 1 heterocycles. The van der Waals surface area contributed by atoms with E-state index in [-0.39, 0.29) is 42.7 Å². The summed E-state index contributed by atoms with van der Waals surface area (Å²) in [6, 6.07) is 0.328. The molecule has 0 spiro atoms. The summed E-state index contributed by atoms with van der Waals surface area (Å²) in [5.74, 6) is 2.54. The van der Waals surface area contributed by atoms with Gasteiger partial charge in [-0.25, -0.2) is 0 Å². The zero-order chi connectivity index (χ0) is 48.7. The summed E-state index contributed by atoms with van der Waals surface area (Å²) in [7, 11) is 0. The standard InChI is InChI=1S/C58H118N4O4/c1-10-16-19-22-25-30-52(51-33-34-51)43-55-44-61(47-58(9,50-66)54(29-14-5)32-27-24-21-18-12-3)38-37-60(46-57(8,49-65)53(28-13-4)31-26-23-20-17-11-2)36-35-59(39-40-62(55)41-42-63)45-56(7,15-6)48-64/h51-55,63-66H,10-50H2,1-9H3. The summed E-state index contributed by atoms with van der Waals surface area (Å²) in [6.07, 6.45) is 32.8. The minimum atomic E-state index is -0.195. The fourth-order valence-corrected chi connectivity index (χ4v) is 12.1. The molecule has 2 rings (SSSR count). The van der Waals surface area contributed by atoms with Crippen molar-refractivity contribution < 1.29 is 20.4 Å². The SMILES string of the molecule is CCCCCCCC(CC1CN(CC(C)(CO)C(CCC)CCCCCCC)CCN(CC(C)(CO)C(CCC)CCCCCCC)CCN(CC(C)(CC)CO)CCN1CCO)C1CC1. The third-order valence-electron chi connectivity index (χ3n) is 17.4. The van der Waals surface area contributed by atoms with Crippen molar-refractivity contribution in [2.75, 3.05) is 98.4 Å². The molecule has 1 saturated carbocycles. The van der Waals surface area contributed by atoms with E-state index in [0.29, 0.717) is 24.4 Å². The fraction of sp³-hybridized carbons (Fsp3) is 1.00. The molecule has 1 saturated heterocycles. The van der Waals surface area contributed by atoms with Gasteiger partial charge in [-0.1, -0.05) is 191 Å². The van der Waals surface area contributed by atoms with Crippen molar-refractivity contribution in [3.63, 3.8) is 0 Å². The second-order valence-corrected chi connectivity index (χ2v) is 23.6. The van der Waals surface area contributed by atoms with Crippen LogP contribution in [0.25, 0.3) is 0 Å². The van der Waals surface area contributed by atoms with Crippen molar-refractivity contribution in [1.29, 1.82) is 0 Å². The first-order chi connectivity index (χ1) is 31.9. The average Bonchev–Trinajstić information content (AvgIpc) is 4.17. The lowest BCUT2D eigenvalue weighted by Gasteiger charge is -2.46. The van der Waals surface area contributed by atoms with Gasteiger partial charge in [0.05, 0.1) is 6.61 Å². The molecule has 2 aliphatic rings. The largest absolute Gasteiger partial charge is 0.396 e. The Morgan fingerprint density at radius 3 is 1.33 bits per heavy atom. The molecule has 7 unspecified atom stereocenters. The molecule has 2 fully saturated rings. The van der Waals surface area contributed by atoms with Gasteiger partial charge in [-0.2, -0.15) is 0 Å². The van der Waals surface area contributed by atoms with Crippen LogP contribution in [0.5, 0.6) is 0 Å². The molecular weight excluding hydrogens is 817 g/mol. The van der Waals surface area contributed by atoms with Gasteiger partial charge < -0.3 is 30.2 Å². The molecule has 1 aliphatic heterocycles. The van der Waals surface area contributed by atoms with Gasteiger partial charge in [0.1, 0.15) is 0 Å². The van der Waals surface area contributed by atoms with Crippen LogP contribution in [0.4, 0.5) is 0 Å². The molecule has 0 bridgehead atoms. The Hall–Kier alpha value is -0.320. The van der Waals surface area contributed by atoms with Crippen LogP contribution in [-0.4, -0.2) is 144 Å². The highest BCUT2D eigenvalue weighted by Crippen LogP contribution is 2.43.